The fourth-order valence-electron chi connectivity index (χ4n) is 1.29. The van der Waals surface area contributed by atoms with Gasteiger partial charge in [-0.2, -0.15) is 0 Å². The van der Waals surface area contributed by atoms with E-state index in [0.717, 1.165) is 5.56 Å². The first-order valence-corrected chi connectivity index (χ1v) is 5.00. The van der Waals surface area contributed by atoms with Gasteiger partial charge in [-0.15, -0.1) is 0 Å². The molecule has 4 nitrogen and oxygen atoms in total. The lowest BCUT2D eigenvalue weighted by Crippen LogP contribution is -1.92. The average Bonchev–Trinajstić information content (AvgIpc) is 2.30. The number of nitrogen functional groups attached to an aromatic ring is 1. The number of benzene rings is 1. The zero-order valence-corrected chi connectivity index (χ0v) is 9.40. The molecule has 0 spiro atoms. The molecular weight excluding hydrogens is 226 g/mol. The van der Waals surface area contributed by atoms with Gasteiger partial charge in [0.05, 0.1) is 30.2 Å². The van der Waals surface area contributed by atoms with Crippen LogP contribution in [0.25, 0.3) is 11.4 Å². The van der Waals surface area contributed by atoms with E-state index in [-0.39, 0.29) is 0 Å². The summed E-state index contributed by atoms with van der Waals surface area (Å²) in [6, 6.07) is 5.37. The summed E-state index contributed by atoms with van der Waals surface area (Å²) in [4.78, 5) is 8.22. The van der Waals surface area contributed by atoms with Gasteiger partial charge in [-0.25, -0.2) is 9.97 Å². The van der Waals surface area contributed by atoms with Gasteiger partial charge >= 0.3 is 0 Å². The van der Waals surface area contributed by atoms with Gasteiger partial charge in [-0.1, -0.05) is 11.6 Å². The quantitative estimate of drug-likeness (QED) is 0.868. The first-order valence-electron chi connectivity index (χ1n) is 4.62. The normalized spacial score (nSPS) is 10.1. The summed E-state index contributed by atoms with van der Waals surface area (Å²) >= 11 is 6.01. The number of anilines is 1. The molecule has 1 heterocycles. The summed E-state index contributed by atoms with van der Waals surface area (Å²) in [6.45, 7) is 0. The maximum Gasteiger partial charge on any atom is 0.159 e. The van der Waals surface area contributed by atoms with E-state index in [0.29, 0.717) is 22.3 Å². The third-order valence-electron chi connectivity index (χ3n) is 2.08. The highest BCUT2D eigenvalue weighted by atomic mass is 35.5. The van der Waals surface area contributed by atoms with Crippen LogP contribution in [-0.4, -0.2) is 17.1 Å². The Bertz CT molecular complexity index is 499. The van der Waals surface area contributed by atoms with Crippen molar-refractivity contribution in [1.29, 1.82) is 0 Å². The zero-order valence-electron chi connectivity index (χ0n) is 8.64. The smallest absolute Gasteiger partial charge is 0.159 e. The SMILES string of the molecule is COc1ccc(-c2ncc(N)cn2)cc1Cl. The van der Waals surface area contributed by atoms with E-state index in [1.807, 2.05) is 6.07 Å². The summed E-state index contributed by atoms with van der Waals surface area (Å²) in [5, 5.41) is 0.528. The maximum atomic E-state index is 6.01. The zero-order chi connectivity index (χ0) is 11.5. The predicted molar refractivity (Wildman–Crippen MR) is 63.4 cm³/mol. The molecule has 0 atom stereocenters. The number of nitrogens with two attached hydrogens (primary N) is 1. The molecule has 2 rings (SSSR count). The van der Waals surface area contributed by atoms with Crippen LogP contribution in [0, 0.1) is 0 Å². The molecule has 1 aromatic carbocycles. The molecule has 82 valence electrons. The Hall–Kier alpha value is -1.81. The van der Waals surface area contributed by atoms with Crippen molar-refractivity contribution in [3.05, 3.63) is 35.6 Å². The third-order valence-corrected chi connectivity index (χ3v) is 2.38. The lowest BCUT2D eigenvalue weighted by atomic mass is 10.2. The first-order chi connectivity index (χ1) is 7.70. The second kappa shape index (κ2) is 4.37. The molecule has 0 unspecified atom stereocenters. The van der Waals surface area contributed by atoms with Crippen molar-refractivity contribution >= 4 is 17.3 Å². The molecular formula is C11H10ClN3O. The van der Waals surface area contributed by atoms with Crippen molar-refractivity contribution in [3.8, 4) is 17.1 Å². The van der Waals surface area contributed by atoms with Crippen molar-refractivity contribution < 1.29 is 4.74 Å². The Balaban J connectivity index is 2.41. The van der Waals surface area contributed by atoms with Crippen LogP contribution in [0.2, 0.25) is 5.02 Å². The molecule has 2 aromatic rings. The van der Waals surface area contributed by atoms with E-state index in [2.05, 4.69) is 9.97 Å². The second-order valence-corrected chi connectivity index (χ2v) is 3.60. The van der Waals surface area contributed by atoms with Crippen LogP contribution in [0.4, 0.5) is 5.69 Å². The van der Waals surface area contributed by atoms with Crippen LogP contribution in [0.3, 0.4) is 0 Å². The van der Waals surface area contributed by atoms with Gasteiger partial charge < -0.3 is 10.5 Å². The van der Waals surface area contributed by atoms with Gasteiger partial charge in [0.15, 0.2) is 5.82 Å². The third kappa shape index (κ3) is 2.06. The number of halogens is 1. The number of aromatic nitrogens is 2. The summed E-state index contributed by atoms with van der Waals surface area (Å²) in [5.74, 6) is 1.21. The van der Waals surface area contributed by atoms with Crippen molar-refractivity contribution in [1.82, 2.24) is 9.97 Å². The molecule has 2 N–H and O–H groups in total. The minimum atomic E-state index is 0.528. The van der Waals surface area contributed by atoms with E-state index >= 15 is 0 Å². The summed E-state index contributed by atoms with van der Waals surface area (Å²) < 4.78 is 5.06. The molecule has 0 aliphatic carbocycles. The van der Waals surface area contributed by atoms with E-state index < -0.39 is 0 Å². The van der Waals surface area contributed by atoms with Gasteiger partial charge in [0.2, 0.25) is 0 Å². The van der Waals surface area contributed by atoms with Crippen LogP contribution in [0.1, 0.15) is 0 Å². The standard InChI is InChI=1S/C11H10ClN3O/c1-16-10-3-2-7(4-9(10)12)11-14-5-8(13)6-15-11/h2-6H,13H2,1H3. The van der Waals surface area contributed by atoms with E-state index in [9.17, 15) is 0 Å². The van der Waals surface area contributed by atoms with Crippen molar-refractivity contribution in [2.45, 2.75) is 0 Å². The molecule has 0 fully saturated rings. The summed E-state index contributed by atoms with van der Waals surface area (Å²) in [5.41, 5.74) is 6.86. The van der Waals surface area contributed by atoms with Gasteiger partial charge in [-0.3, -0.25) is 0 Å². The van der Waals surface area contributed by atoms with Crippen LogP contribution in [0.5, 0.6) is 5.75 Å². The Morgan fingerprint density at radius 2 is 1.94 bits per heavy atom. The molecule has 0 bridgehead atoms. The van der Waals surface area contributed by atoms with Crippen LogP contribution >= 0.6 is 11.6 Å². The summed E-state index contributed by atoms with van der Waals surface area (Å²) in [7, 11) is 1.57. The fraction of sp³-hybridized carbons (Fsp3) is 0.0909. The topological polar surface area (TPSA) is 61.0 Å². The molecule has 0 saturated heterocycles. The first kappa shape index (κ1) is 10.7. The fourth-order valence-corrected chi connectivity index (χ4v) is 1.55. The number of rotatable bonds is 2. The van der Waals surface area contributed by atoms with Crippen molar-refractivity contribution in [2.24, 2.45) is 0 Å². The Labute approximate surface area is 98.0 Å². The van der Waals surface area contributed by atoms with Gasteiger partial charge in [0.1, 0.15) is 5.75 Å². The number of hydrogen-bond acceptors (Lipinski definition) is 4. The number of methoxy groups -OCH3 is 1. The van der Waals surface area contributed by atoms with E-state index in [4.69, 9.17) is 22.1 Å². The van der Waals surface area contributed by atoms with E-state index in [1.165, 1.54) is 0 Å². The van der Waals surface area contributed by atoms with Crippen LogP contribution in [-0.2, 0) is 0 Å². The second-order valence-electron chi connectivity index (χ2n) is 3.19. The minimum Gasteiger partial charge on any atom is -0.495 e. The predicted octanol–water partition coefficient (Wildman–Crippen LogP) is 2.39. The molecule has 0 saturated carbocycles. The van der Waals surface area contributed by atoms with Gasteiger partial charge in [0.25, 0.3) is 0 Å². The summed E-state index contributed by atoms with van der Waals surface area (Å²) in [6.07, 6.45) is 3.11. The van der Waals surface area contributed by atoms with Gasteiger partial charge in [0, 0.05) is 5.56 Å². The number of hydrogen-bond donors (Lipinski definition) is 1. The molecule has 1 aromatic heterocycles. The Morgan fingerprint density at radius 1 is 1.25 bits per heavy atom. The van der Waals surface area contributed by atoms with Crippen molar-refractivity contribution in [2.75, 3.05) is 12.8 Å². The maximum absolute atomic E-state index is 6.01. The monoisotopic (exact) mass is 235 g/mol. The highest BCUT2D eigenvalue weighted by molar-refractivity contribution is 6.32. The molecule has 0 amide bonds. The number of ether oxygens (including phenoxy) is 1. The Morgan fingerprint density at radius 3 is 2.50 bits per heavy atom. The lowest BCUT2D eigenvalue weighted by Gasteiger charge is -2.05. The average molecular weight is 236 g/mol. The van der Waals surface area contributed by atoms with Gasteiger partial charge in [-0.05, 0) is 18.2 Å². The highest BCUT2D eigenvalue weighted by Gasteiger charge is 2.05. The Kier molecular flexibility index (Phi) is 2.92. The van der Waals surface area contributed by atoms with Crippen LogP contribution in [0.15, 0.2) is 30.6 Å². The van der Waals surface area contributed by atoms with E-state index in [1.54, 1.807) is 31.6 Å². The van der Waals surface area contributed by atoms with Crippen LogP contribution < -0.4 is 10.5 Å². The van der Waals surface area contributed by atoms with Crippen molar-refractivity contribution in [3.63, 3.8) is 0 Å². The molecule has 0 radical (unpaired) electrons. The lowest BCUT2D eigenvalue weighted by molar-refractivity contribution is 0.415. The minimum absolute atomic E-state index is 0.528. The molecule has 0 aliphatic heterocycles. The molecule has 0 aliphatic rings. The molecule has 16 heavy (non-hydrogen) atoms. The highest BCUT2D eigenvalue weighted by Crippen LogP contribution is 2.28. The number of nitrogens with zero attached hydrogens (tertiary/aromatic N) is 2. The molecule has 5 heteroatoms. The largest absolute Gasteiger partial charge is 0.495 e.